The van der Waals surface area contributed by atoms with Crippen molar-refractivity contribution in [1.29, 1.82) is 0 Å². The van der Waals surface area contributed by atoms with Crippen LogP contribution in [0.1, 0.15) is 12.0 Å². The fourth-order valence-electron chi connectivity index (χ4n) is 2.04. The lowest BCUT2D eigenvalue weighted by atomic mass is 9.88. The fourth-order valence-corrected chi connectivity index (χ4v) is 2.04. The lowest BCUT2D eigenvalue weighted by Gasteiger charge is -2.21. The Labute approximate surface area is 96.6 Å². The summed E-state index contributed by atoms with van der Waals surface area (Å²) in [4.78, 5) is 11.3. The molecule has 0 spiro atoms. The highest BCUT2D eigenvalue weighted by molar-refractivity contribution is 6.27. The van der Waals surface area contributed by atoms with Crippen molar-refractivity contribution < 1.29 is 14.7 Å². The minimum absolute atomic E-state index is 0.0178. The Kier molecular flexibility index (Phi) is 2.07. The van der Waals surface area contributed by atoms with Gasteiger partial charge in [-0.2, -0.15) is 5.48 Å². The van der Waals surface area contributed by atoms with Crippen molar-refractivity contribution in [1.82, 2.24) is 5.48 Å². The molecule has 0 saturated carbocycles. The van der Waals surface area contributed by atoms with E-state index in [0.29, 0.717) is 5.71 Å². The first-order chi connectivity index (χ1) is 8.26. The van der Waals surface area contributed by atoms with E-state index in [1.54, 1.807) is 0 Å². The molecular weight excluding hydrogens is 222 g/mol. The minimum Gasteiger partial charge on any atom is -0.407 e. The van der Waals surface area contributed by atoms with Crippen LogP contribution in [0.25, 0.3) is 0 Å². The van der Waals surface area contributed by atoms with Gasteiger partial charge in [0.1, 0.15) is 5.71 Å². The van der Waals surface area contributed by atoms with E-state index in [-0.39, 0.29) is 12.3 Å². The van der Waals surface area contributed by atoms with E-state index in [9.17, 15) is 10.0 Å². The van der Waals surface area contributed by atoms with Crippen molar-refractivity contribution in [3.8, 4) is 0 Å². The molecule has 17 heavy (non-hydrogen) atoms. The van der Waals surface area contributed by atoms with Gasteiger partial charge in [0.05, 0.1) is 6.42 Å². The molecular formula is C11H9N3O3. The Hall–Kier alpha value is -2.05. The van der Waals surface area contributed by atoms with Crippen molar-refractivity contribution in [2.75, 3.05) is 0 Å². The van der Waals surface area contributed by atoms with Crippen LogP contribution in [0.5, 0.6) is 0 Å². The van der Waals surface area contributed by atoms with E-state index in [1.165, 1.54) is 0 Å². The third-order valence-electron chi connectivity index (χ3n) is 2.87. The van der Waals surface area contributed by atoms with Crippen LogP contribution in [-0.4, -0.2) is 28.3 Å². The Bertz CT molecular complexity index is 538. The zero-order chi connectivity index (χ0) is 11.9. The number of nitrogens with one attached hydrogen (secondary N) is 1. The molecule has 3 rings (SSSR count). The maximum absolute atomic E-state index is 11.3. The van der Waals surface area contributed by atoms with Gasteiger partial charge in [0.2, 0.25) is 5.90 Å². The van der Waals surface area contributed by atoms with Crippen LogP contribution in [0.3, 0.4) is 0 Å². The number of esters is 1. The highest BCUT2D eigenvalue weighted by Gasteiger charge is 2.54. The molecule has 6 heteroatoms. The zero-order valence-corrected chi connectivity index (χ0v) is 8.75. The zero-order valence-electron chi connectivity index (χ0n) is 8.75. The Balaban J connectivity index is 2.07. The first-order valence-corrected chi connectivity index (χ1v) is 5.10. The number of hydrogen-bond acceptors (Lipinski definition) is 6. The lowest BCUT2D eigenvalue weighted by Crippen LogP contribution is -2.52. The summed E-state index contributed by atoms with van der Waals surface area (Å²) in [6.45, 7) is 0. The second kappa shape index (κ2) is 3.47. The Morgan fingerprint density at radius 1 is 1.29 bits per heavy atom. The molecule has 0 aromatic heterocycles. The Morgan fingerprint density at radius 3 is 2.76 bits per heavy atom. The number of rotatable bonds is 2. The SMILES string of the molecule is O=C1CC2(NO)C(=NN=C2c2ccccc2)O1. The quantitative estimate of drug-likeness (QED) is 0.572. The molecule has 0 aliphatic carbocycles. The Morgan fingerprint density at radius 2 is 2.06 bits per heavy atom. The van der Waals surface area contributed by atoms with Crippen LogP contribution in [0.2, 0.25) is 0 Å². The summed E-state index contributed by atoms with van der Waals surface area (Å²) in [5, 5.41) is 17.1. The first-order valence-electron chi connectivity index (χ1n) is 5.10. The number of carbonyl (C=O) groups is 1. The summed E-state index contributed by atoms with van der Waals surface area (Å²) in [5.74, 6) is -0.336. The van der Waals surface area contributed by atoms with Gasteiger partial charge in [0.15, 0.2) is 5.54 Å². The molecule has 1 unspecified atom stereocenters. The molecule has 1 aromatic carbocycles. The van der Waals surface area contributed by atoms with Gasteiger partial charge in [-0.25, -0.2) is 0 Å². The van der Waals surface area contributed by atoms with Gasteiger partial charge < -0.3 is 9.94 Å². The van der Waals surface area contributed by atoms with E-state index >= 15 is 0 Å². The topological polar surface area (TPSA) is 83.3 Å². The normalized spacial score (nSPS) is 26.3. The van der Waals surface area contributed by atoms with Crippen molar-refractivity contribution in [3.05, 3.63) is 35.9 Å². The van der Waals surface area contributed by atoms with Crippen molar-refractivity contribution in [2.24, 2.45) is 10.2 Å². The molecule has 2 heterocycles. The van der Waals surface area contributed by atoms with Crippen LogP contribution in [0.15, 0.2) is 40.5 Å². The molecule has 86 valence electrons. The van der Waals surface area contributed by atoms with Crippen LogP contribution in [0, 0.1) is 0 Å². The van der Waals surface area contributed by atoms with Gasteiger partial charge >= 0.3 is 5.97 Å². The van der Waals surface area contributed by atoms with Crippen molar-refractivity contribution in [2.45, 2.75) is 12.0 Å². The molecule has 0 radical (unpaired) electrons. The van der Waals surface area contributed by atoms with Gasteiger partial charge in [-0.1, -0.05) is 30.3 Å². The summed E-state index contributed by atoms with van der Waals surface area (Å²) in [5.41, 5.74) is 2.26. The highest BCUT2D eigenvalue weighted by Crippen LogP contribution is 2.31. The second-order valence-electron chi connectivity index (χ2n) is 3.89. The third-order valence-corrected chi connectivity index (χ3v) is 2.87. The number of fused-ring (bicyclic) bond motifs is 1. The smallest absolute Gasteiger partial charge is 0.315 e. The largest absolute Gasteiger partial charge is 0.407 e. The monoisotopic (exact) mass is 231 g/mol. The molecule has 2 N–H and O–H groups in total. The summed E-state index contributed by atoms with van der Waals surface area (Å²) in [6, 6.07) is 9.23. The van der Waals surface area contributed by atoms with Gasteiger partial charge in [0.25, 0.3) is 0 Å². The number of ether oxygens (including phenoxy) is 1. The van der Waals surface area contributed by atoms with Crippen LogP contribution < -0.4 is 5.48 Å². The van der Waals surface area contributed by atoms with Crippen LogP contribution in [-0.2, 0) is 9.53 Å². The fraction of sp³-hybridized carbons (Fsp3) is 0.182. The average Bonchev–Trinajstić information content (AvgIpc) is 2.84. The maximum atomic E-state index is 11.3. The number of hydroxylamine groups is 1. The van der Waals surface area contributed by atoms with Gasteiger partial charge in [-0.15, -0.1) is 10.2 Å². The summed E-state index contributed by atoms with van der Waals surface area (Å²) < 4.78 is 4.91. The van der Waals surface area contributed by atoms with E-state index < -0.39 is 11.5 Å². The molecule has 0 bridgehead atoms. The van der Waals surface area contributed by atoms with Gasteiger partial charge in [0, 0.05) is 5.56 Å². The summed E-state index contributed by atoms with van der Waals surface area (Å²) >= 11 is 0. The molecule has 6 nitrogen and oxygen atoms in total. The standard InChI is InChI=1S/C11H9N3O3/c15-8-6-11(14-16)9(12-13-10(11)17-8)7-4-2-1-3-5-7/h1-5,14,16H,6H2. The van der Waals surface area contributed by atoms with Gasteiger partial charge in [-0.3, -0.25) is 4.79 Å². The molecule has 0 amide bonds. The number of hydrogen-bond donors (Lipinski definition) is 2. The van der Waals surface area contributed by atoms with E-state index in [2.05, 4.69) is 15.7 Å². The van der Waals surface area contributed by atoms with E-state index in [1.807, 2.05) is 30.3 Å². The summed E-state index contributed by atoms with van der Waals surface area (Å²) in [6.07, 6.45) is -0.0178. The maximum Gasteiger partial charge on any atom is 0.315 e. The minimum atomic E-state index is -1.13. The number of nitrogens with zero attached hydrogens (tertiary/aromatic N) is 2. The number of carbonyl (C=O) groups excluding carboxylic acids is 1. The highest BCUT2D eigenvalue weighted by atomic mass is 16.6. The molecule has 2 aliphatic rings. The van der Waals surface area contributed by atoms with E-state index in [4.69, 9.17) is 4.74 Å². The van der Waals surface area contributed by atoms with Gasteiger partial charge in [-0.05, 0) is 0 Å². The molecule has 1 saturated heterocycles. The predicted molar refractivity (Wildman–Crippen MR) is 58.8 cm³/mol. The van der Waals surface area contributed by atoms with Crippen molar-refractivity contribution in [3.63, 3.8) is 0 Å². The van der Waals surface area contributed by atoms with Crippen LogP contribution in [0.4, 0.5) is 0 Å². The second-order valence-corrected chi connectivity index (χ2v) is 3.89. The van der Waals surface area contributed by atoms with Crippen molar-refractivity contribution >= 4 is 17.6 Å². The number of benzene rings is 1. The molecule has 1 aromatic rings. The van der Waals surface area contributed by atoms with Crippen LogP contribution >= 0.6 is 0 Å². The molecule has 2 aliphatic heterocycles. The predicted octanol–water partition coefficient (Wildman–Crippen LogP) is 0.467. The van der Waals surface area contributed by atoms with E-state index in [0.717, 1.165) is 5.56 Å². The molecule has 1 atom stereocenters. The first kappa shape index (κ1) is 10.1. The lowest BCUT2D eigenvalue weighted by molar-refractivity contribution is -0.133. The summed E-state index contributed by atoms with van der Waals surface area (Å²) in [7, 11) is 0. The molecule has 1 fully saturated rings. The third kappa shape index (κ3) is 1.31. The average molecular weight is 231 g/mol.